The number of hydrogen-bond acceptors (Lipinski definition) is 4. The zero-order chi connectivity index (χ0) is 13.1. The average molecular weight is 255 g/mol. The van der Waals surface area contributed by atoms with Gasteiger partial charge in [-0.3, -0.25) is 9.59 Å². The van der Waals surface area contributed by atoms with E-state index in [1.54, 1.807) is 0 Å². The van der Waals surface area contributed by atoms with E-state index in [0.717, 1.165) is 0 Å². The van der Waals surface area contributed by atoms with Gasteiger partial charge < -0.3 is 20.4 Å². The highest BCUT2D eigenvalue weighted by Gasteiger charge is 2.56. The number of rotatable bonds is 6. The lowest BCUT2D eigenvalue weighted by atomic mass is 9.88. The molecule has 0 fully saturated rings. The van der Waals surface area contributed by atoms with Gasteiger partial charge in [-0.1, -0.05) is 11.6 Å². The predicted octanol–water partition coefficient (Wildman–Crippen LogP) is -0.691. The Morgan fingerprint density at radius 2 is 1.38 bits per heavy atom. The molecule has 0 aliphatic rings. The number of carboxylic acids is 4. The highest BCUT2D eigenvalue weighted by atomic mass is 35.5. The number of hydrogen-bond donors (Lipinski definition) is 4. The van der Waals surface area contributed by atoms with E-state index in [1.807, 2.05) is 0 Å². The van der Waals surface area contributed by atoms with Gasteiger partial charge in [0.1, 0.15) is 5.92 Å². The van der Waals surface area contributed by atoms with E-state index in [-0.39, 0.29) is 0 Å². The minimum Gasteiger partial charge on any atom is -0.481 e. The Hall–Kier alpha value is -1.83. The van der Waals surface area contributed by atoms with E-state index in [0.29, 0.717) is 0 Å². The highest BCUT2D eigenvalue weighted by Crippen LogP contribution is 2.30. The Labute approximate surface area is 93.1 Å². The van der Waals surface area contributed by atoms with Crippen LogP contribution in [0.3, 0.4) is 0 Å². The number of halogens is 1. The van der Waals surface area contributed by atoms with Crippen LogP contribution in [-0.4, -0.2) is 49.2 Å². The molecule has 0 amide bonds. The Bertz CT molecular complexity index is 334. The van der Waals surface area contributed by atoms with Crippen LogP contribution in [0.15, 0.2) is 0 Å². The topological polar surface area (TPSA) is 149 Å². The molecule has 0 spiro atoms. The summed E-state index contributed by atoms with van der Waals surface area (Å²) < 4.78 is 0. The monoisotopic (exact) mass is 254 g/mol. The Morgan fingerprint density at radius 3 is 1.56 bits per heavy atom. The standard InChI is InChI=1S/C7H7ClO8/c8-7(5(13)14,6(15)16)2(4(11)12)1-3(9)10/h2H,1H2,(H,9,10)(H,11,12)(H,13,14)(H,15,16). The van der Waals surface area contributed by atoms with E-state index < -0.39 is 41.1 Å². The maximum absolute atomic E-state index is 10.6. The summed E-state index contributed by atoms with van der Waals surface area (Å²) in [6.45, 7) is 0. The van der Waals surface area contributed by atoms with E-state index in [4.69, 9.17) is 32.0 Å². The van der Waals surface area contributed by atoms with Crippen LogP contribution in [0.1, 0.15) is 6.42 Å². The fraction of sp³-hybridized carbons (Fsp3) is 0.429. The second-order valence-corrected chi connectivity index (χ2v) is 3.41. The molecule has 0 saturated heterocycles. The van der Waals surface area contributed by atoms with E-state index in [1.165, 1.54) is 0 Å². The molecule has 8 nitrogen and oxygen atoms in total. The van der Waals surface area contributed by atoms with E-state index >= 15 is 0 Å². The van der Waals surface area contributed by atoms with Crippen molar-refractivity contribution >= 4 is 35.5 Å². The summed E-state index contributed by atoms with van der Waals surface area (Å²) >= 11 is 5.17. The van der Waals surface area contributed by atoms with Gasteiger partial charge in [-0.05, 0) is 0 Å². The normalized spacial score (nSPS) is 12.8. The third-order valence-corrected chi connectivity index (χ3v) is 2.37. The molecule has 0 aliphatic heterocycles. The van der Waals surface area contributed by atoms with Crippen LogP contribution in [0.25, 0.3) is 0 Å². The molecule has 1 atom stereocenters. The molecule has 90 valence electrons. The number of carbonyl (C=O) groups is 4. The summed E-state index contributed by atoms with van der Waals surface area (Å²) in [6.07, 6.45) is -1.21. The fourth-order valence-electron chi connectivity index (χ4n) is 0.962. The lowest BCUT2D eigenvalue weighted by molar-refractivity contribution is -0.163. The summed E-state index contributed by atoms with van der Waals surface area (Å²) in [7, 11) is 0. The second-order valence-electron chi connectivity index (χ2n) is 2.81. The minimum atomic E-state index is -3.20. The van der Waals surface area contributed by atoms with Gasteiger partial charge in [0.2, 0.25) is 0 Å². The lowest BCUT2D eigenvalue weighted by Gasteiger charge is -2.23. The zero-order valence-electron chi connectivity index (χ0n) is 7.58. The summed E-state index contributed by atoms with van der Waals surface area (Å²) in [4.78, 5) is 39.0. The molecule has 0 aliphatic carbocycles. The van der Waals surface area contributed by atoms with Crippen molar-refractivity contribution in [3.63, 3.8) is 0 Å². The quantitative estimate of drug-likeness (QED) is 0.359. The van der Waals surface area contributed by atoms with Crippen molar-refractivity contribution in [2.24, 2.45) is 5.92 Å². The smallest absolute Gasteiger partial charge is 0.337 e. The van der Waals surface area contributed by atoms with Crippen molar-refractivity contribution in [1.29, 1.82) is 0 Å². The third kappa shape index (κ3) is 2.60. The van der Waals surface area contributed by atoms with E-state index in [2.05, 4.69) is 0 Å². The zero-order valence-corrected chi connectivity index (χ0v) is 8.34. The van der Waals surface area contributed by atoms with Crippen molar-refractivity contribution in [3.8, 4) is 0 Å². The number of alkyl halides is 1. The molecular weight excluding hydrogens is 248 g/mol. The first-order valence-electron chi connectivity index (χ1n) is 3.74. The Kier molecular flexibility index (Phi) is 4.25. The number of aliphatic carboxylic acids is 4. The van der Waals surface area contributed by atoms with Crippen molar-refractivity contribution in [2.75, 3.05) is 0 Å². The molecular formula is C7H7ClO8. The van der Waals surface area contributed by atoms with Gasteiger partial charge in [-0.25, -0.2) is 9.59 Å². The molecule has 0 aromatic rings. The van der Waals surface area contributed by atoms with Gasteiger partial charge in [-0.15, -0.1) is 0 Å². The van der Waals surface area contributed by atoms with Crippen LogP contribution >= 0.6 is 11.6 Å². The first kappa shape index (κ1) is 14.2. The Morgan fingerprint density at radius 1 is 1.00 bits per heavy atom. The molecule has 4 N–H and O–H groups in total. The molecule has 0 radical (unpaired) electrons. The van der Waals surface area contributed by atoms with Gasteiger partial charge >= 0.3 is 23.9 Å². The molecule has 1 unspecified atom stereocenters. The maximum Gasteiger partial charge on any atom is 0.337 e. The number of carboxylic acid groups (broad SMARTS) is 4. The van der Waals surface area contributed by atoms with Crippen molar-refractivity contribution < 1.29 is 39.6 Å². The minimum absolute atomic E-state index is 1.21. The lowest BCUT2D eigenvalue weighted by Crippen LogP contribution is -2.51. The largest absolute Gasteiger partial charge is 0.481 e. The van der Waals surface area contributed by atoms with Gasteiger partial charge in [0.05, 0.1) is 6.42 Å². The van der Waals surface area contributed by atoms with Crippen LogP contribution < -0.4 is 0 Å². The molecule has 0 bridgehead atoms. The van der Waals surface area contributed by atoms with Crippen LogP contribution in [0.2, 0.25) is 0 Å². The molecule has 0 heterocycles. The first-order valence-corrected chi connectivity index (χ1v) is 4.12. The molecule has 0 saturated carbocycles. The summed E-state index contributed by atoms with van der Waals surface area (Å²) in [5, 5.41) is 34.1. The van der Waals surface area contributed by atoms with Crippen molar-refractivity contribution in [3.05, 3.63) is 0 Å². The summed E-state index contributed by atoms with van der Waals surface area (Å²) in [5.41, 5.74) is 0. The van der Waals surface area contributed by atoms with Crippen LogP contribution in [-0.2, 0) is 19.2 Å². The highest BCUT2D eigenvalue weighted by molar-refractivity contribution is 6.45. The van der Waals surface area contributed by atoms with Gasteiger partial charge in [0.15, 0.2) is 0 Å². The predicted molar refractivity (Wildman–Crippen MR) is 47.2 cm³/mol. The summed E-state index contributed by atoms with van der Waals surface area (Å²) in [6, 6.07) is 0. The summed E-state index contributed by atoms with van der Waals surface area (Å²) in [5.74, 6) is -10.1. The fourth-order valence-corrected chi connectivity index (χ4v) is 1.13. The van der Waals surface area contributed by atoms with Crippen LogP contribution in [0, 0.1) is 5.92 Å². The molecule has 16 heavy (non-hydrogen) atoms. The molecule has 0 rings (SSSR count). The SMILES string of the molecule is O=C(O)CC(C(=O)O)C(Cl)(C(=O)O)C(=O)O. The van der Waals surface area contributed by atoms with E-state index in [9.17, 15) is 19.2 Å². The molecule has 9 heteroatoms. The third-order valence-electron chi connectivity index (χ3n) is 1.78. The van der Waals surface area contributed by atoms with Crippen LogP contribution in [0.5, 0.6) is 0 Å². The molecule has 0 aromatic carbocycles. The van der Waals surface area contributed by atoms with Gasteiger partial charge in [0, 0.05) is 0 Å². The van der Waals surface area contributed by atoms with Crippen LogP contribution in [0.4, 0.5) is 0 Å². The van der Waals surface area contributed by atoms with Gasteiger partial charge in [0.25, 0.3) is 4.87 Å². The Balaban J connectivity index is 5.44. The average Bonchev–Trinajstić information content (AvgIpc) is 2.11. The van der Waals surface area contributed by atoms with Crippen molar-refractivity contribution in [1.82, 2.24) is 0 Å². The van der Waals surface area contributed by atoms with Crippen molar-refractivity contribution in [2.45, 2.75) is 11.3 Å². The first-order chi connectivity index (χ1) is 7.13. The van der Waals surface area contributed by atoms with Gasteiger partial charge in [-0.2, -0.15) is 0 Å². The maximum atomic E-state index is 10.6. The molecule has 0 aromatic heterocycles. The second kappa shape index (κ2) is 4.79.